The number of carbonyl (C=O) groups is 1. The Labute approximate surface area is 245 Å². The fourth-order valence-corrected chi connectivity index (χ4v) is 8.19. The molecule has 2 atom stereocenters. The second-order valence-corrected chi connectivity index (χ2v) is 12.7. The second kappa shape index (κ2) is 9.85. The summed E-state index contributed by atoms with van der Waals surface area (Å²) in [5.74, 6) is 3.61. The van der Waals surface area contributed by atoms with Gasteiger partial charge in [-0.05, 0) is 69.1 Å². The summed E-state index contributed by atoms with van der Waals surface area (Å²) < 4.78 is 6.48. The molecule has 8 rings (SSSR count). The summed E-state index contributed by atoms with van der Waals surface area (Å²) >= 11 is 0. The lowest BCUT2D eigenvalue weighted by Gasteiger charge is -2.37. The molecule has 6 heterocycles. The fourth-order valence-electron chi connectivity index (χ4n) is 8.19. The first kappa shape index (κ1) is 25.8. The van der Waals surface area contributed by atoms with Gasteiger partial charge in [-0.2, -0.15) is 9.97 Å². The first-order valence-electron chi connectivity index (χ1n) is 15.3. The van der Waals surface area contributed by atoms with Crippen molar-refractivity contribution in [2.75, 3.05) is 42.6 Å². The zero-order chi connectivity index (χ0) is 28.4. The molecule has 9 heteroatoms. The highest BCUT2D eigenvalue weighted by Crippen LogP contribution is 2.41. The van der Waals surface area contributed by atoms with Gasteiger partial charge in [-0.1, -0.05) is 18.1 Å². The van der Waals surface area contributed by atoms with Gasteiger partial charge in [0.15, 0.2) is 0 Å². The number of rotatable bonds is 5. The van der Waals surface area contributed by atoms with Gasteiger partial charge in [0, 0.05) is 47.8 Å². The van der Waals surface area contributed by atoms with Gasteiger partial charge in [-0.3, -0.25) is 9.69 Å². The van der Waals surface area contributed by atoms with Crippen molar-refractivity contribution in [2.24, 2.45) is 0 Å². The molecule has 1 aromatic heterocycles. The Bertz CT molecular complexity index is 1610. The van der Waals surface area contributed by atoms with E-state index in [1.54, 1.807) is 17.0 Å². The topological polar surface area (TPSA) is 94.1 Å². The number of ether oxygens (including phenoxy) is 1. The van der Waals surface area contributed by atoms with Crippen LogP contribution in [-0.2, 0) is 17.8 Å². The number of anilines is 2. The number of hydrogen-bond acceptors (Lipinski definition) is 8. The van der Waals surface area contributed by atoms with Crippen molar-refractivity contribution in [3.8, 4) is 24.1 Å². The average molecular weight is 565 g/mol. The van der Waals surface area contributed by atoms with Crippen LogP contribution < -0.4 is 19.9 Å². The van der Waals surface area contributed by atoms with E-state index in [1.165, 1.54) is 12.8 Å². The van der Waals surface area contributed by atoms with E-state index < -0.39 is 0 Å². The molecule has 9 nitrogen and oxygen atoms in total. The largest absolute Gasteiger partial charge is 0.508 e. The number of aromatic hydroxyl groups is 1. The number of phenolic OH excluding ortho intramolecular Hbond substituents is 1. The van der Waals surface area contributed by atoms with Crippen molar-refractivity contribution in [3.05, 3.63) is 47.2 Å². The van der Waals surface area contributed by atoms with Crippen molar-refractivity contribution in [1.29, 1.82) is 0 Å². The van der Waals surface area contributed by atoms with Crippen LogP contribution in [0.2, 0.25) is 0 Å². The van der Waals surface area contributed by atoms with Gasteiger partial charge in [0.2, 0.25) is 5.91 Å². The Hall–Kier alpha value is -3.87. The predicted octanol–water partition coefficient (Wildman–Crippen LogP) is 3.35. The molecule has 216 valence electrons. The smallest absolute Gasteiger partial charge is 0.318 e. The van der Waals surface area contributed by atoms with Crippen LogP contribution in [0.25, 0.3) is 10.8 Å². The van der Waals surface area contributed by atoms with Crippen molar-refractivity contribution in [1.82, 2.24) is 20.2 Å². The highest BCUT2D eigenvalue weighted by molar-refractivity contribution is 6.08. The molecule has 2 bridgehead atoms. The molecule has 0 saturated carbocycles. The summed E-state index contributed by atoms with van der Waals surface area (Å²) in [5, 5.41) is 15.9. The molecule has 4 fully saturated rings. The maximum atomic E-state index is 13.9. The summed E-state index contributed by atoms with van der Waals surface area (Å²) in [6, 6.07) is 10.2. The molecule has 0 spiro atoms. The molecule has 2 N–H and O–H groups in total. The zero-order valence-corrected chi connectivity index (χ0v) is 23.8. The molecule has 1 amide bonds. The summed E-state index contributed by atoms with van der Waals surface area (Å²) in [6.45, 7) is 4.84. The molecule has 2 aromatic carbocycles. The predicted molar refractivity (Wildman–Crippen MR) is 161 cm³/mol. The monoisotopic (exact) mass is 564 g/mol. The number of terminal acetylenes is 1. The molecule has 5 aliphatic rings. The van der Waals surface area contributed by atoms with Crippen LogP contribution in [0.3, 0.4) is 0 Å². The summed E-state index contributed by atoms with van der Waals surface area (Å²) in [6.07, 6.45) is 13.1. The summed E-state index contributed by atoms with van der Waals surface area (Å²) in [7, 11) is 0. The van der Waals surface area contributed by atoms with Crippen LogP contribution in [0.1, 0.15) is 55.3 Å². The Morgan fingerprint density at radius 3 is 2.67 bits per heavy atom. The van der Waals surface area contributed by atoms with Crippen LogP contribution in [0.5, 0.6) is 11.8 Å². The number of phenols is 1. The van der Waals surface area contributed by atoms with Gasteiger partial charge in [-0.25, -0.2) is 0 Å². The number of benzene rings is 2. The van der Waals surface area contributed by atoms with Crippen molar-refractivity contribution in [3.63, 3.8) is 0 Å². The Kier molecular flexibility index (Phi) is 6.06. The van der Waals surface area contributed by atoms with E-state index in [0.29, 0.717) is 36.0 Å². The lowest BCUT2D eigenvalue weighted by Crippen LogP contribution is -2.52. The lowest BCUT2D eigenvalue weighted by molar-refractivity contribution is -0.118. The molecular weight excluding hydrogens is 528 g/mol. The van der Waals surface area contributed by atoms with Crippen LogP contribution in [-0.4, -0.2) is 76.3 Å². The minimum absolute atomic E-state index is 0.0655. The number of hydrogen-bond donors (Lipinski definition) is 2. The van der Waals surface area contributed by atoms with Crippen molar-refractivity contribution in [2.45, 2.75) is 69.1 Å². The van der Waals surface area contributed by atoms with Crippen LogP contribution in [0.4, 0.5) is 11.5 Å². The molecule has 42 heavy (non-hydrogen) atoms. The molecule has 5 aliphatic heterocycles. The van der Waals surface area contributed by atoms with Gasteiger partial charge in [0.25, 0.3) is 0 Å². The quantitative estimate of drug-likeness (QED) is 0.456. The Morgan fingerprint density at radius 1 is 1.12 bits per heavy atom. The van der Waals surface area contributed by atoms with E-state index in [4.69, 9.17) is 21.1 Å². The van der Waals surface area contributed by atoms with Crippen LogP contribution in [0, 0.1) is 12.3 Å². The second-order valence-electron chi connectivity index (χ2n) is 12.7. The third-order valence-corrected chi connectivity index (χ3v) is 10.2. The number of nitrogens with zero attached hydrogens (tertiary/aromatic N) is 5. The number of aromatic nitrogens is 2. The van der Waals surface area contributed by atoms with E-state index in [2.05, 4.69) is 21.0 Å². The number of amides is 1. The Morgan fingerprint density at radius 2 is 1.90 bits per heavy atom. The minimum Gasteiger partial charge on any atom is -0.508 e. The Balaban J connectivity index is 1.19. The van der Waals surface area contributed by atoms with Gasteiger partial charge in [0.05, 0.1) is 29.9 Å². The number of fused-ring (bicyclic) bond motifs is 5. The summed E-state index contributed by atoms with van der Waals surface area (Å²) in [4.78, 5) is 30.5. The van der Waals surface area contributed by atoms with Crippen molar-refractivity contribution >= 4 is 28.2 Å². The van der Waals surface area contributed by atoms with Crippen LogP contribution in [0.15, 0.2) is 30.3 Å². The molecule has 3 aromatic rings. The maximum absolute atomic E-state index is 13.9. The molecule has 0 radical (unpaired) electrons. The third kappa shape index (κ3) is 4.19. The lowest BCUT2D eigenvalue weighted by atomic mass is 9.95. The zero-order valence-electron chi connectivity index (χ0n) is 23.8. The highest BCUT2D eigenvalue weighted by atomic mass is 16.5. The molecular formula is C33H36N6O3. The van der Waals surface area contributed by atoms with Gasteiger partial charge >= 0.3 is 6.01 Å². The molecule has 2 unspecified atom stereocenters. The van der Waals surface area contributed by atoms with E-state index in [1.807, 2.05) is 18.2 Å². The average Bonchev–Trinajstić information content (AvgIpc) is 3.68. The minimum atomic E-state index is -0.0655. The number of nitrogens with one attached hydrogen (secondary N) is 1. The number of piperazine rings is 1. The van der Waals surface area contributed by atoms with Gasteiger partial charge in [0.1, 0.15) is 18.2 Å². The standard InChI is InChI=1S/C33H36N6O3/c1-2-21-6-3-7-22-14-25(40)15-28(30(21)22)39-19-27-26(16-29(39)41)31(37-17-23-8-9-24(18-37)34-23)36-32(35-27)42-20-33-10-4-12-38(33)13-5-11-33/h1,3,6-7,14-15,23-24,34,40H,4-5,8-13,16-20H2. The highest BCUT2D eigenvalue weighted by Gasteiger charge is 2.45. The van der Waals surface area contributed by atoms with Gasteiger partial charge in [-0.15, -0.1) is 6.42 Å². The third-order valence-electron chi connectivity index (χ3n) is 10.2. The van der Waals surface area contributed by atoms with E-state index in [-0.39, 0.29) is 30.2 Å². The van der Waals surface area contributed by atoms with Crippen LogP contribution >= 0.6 is 0 Å². The van der Waals surface area contributed by atoms with Crippen molar-refractivity contribution < 1.29 is 14.6 Å². The SMILES string of the molecule is C#Cc1cccc2cc(O)cc(N3Cc4nc(OCC56CCCN5CCC6)nc(N5CC6CCC(C5)N6)c4CC3=O)c12. The van der Waals surface area contributed by atoms with E-state index in [0.717, 1.165) is 79.7 Å². The first-order valence-corrected chi connectivity index (χ1v) is 15.3. The fraction of sp³-hybridized carbons (Fsp3) is 0.485. The van der Waals surface area contributed by atoms with E-state index in [9.17, 15) is 9.90 Å². The summed E-state index contributed by atoms with van der Waals surface area (Å²) in [5.41, 5.74) is 3.04. The normalized spacial score (nSPS) is 24.6. The first-order chi connectivity index (χ1) is 20.5. The molecule has 0 aliphatic carbocycles. The molecule has 4 saturated heterocycles. The van der Waals surface area contributed by atoms with Gasteiger partial charge < -0.3 is 25.0 Å². The number of carbonyl (C=O) groups excluding carboxylic acids is 1. The maximum Gasteiger partial charge on any atom is 0.318 e. The van der Waals surface area contributed by atoms with E-state index >= 15 is 0 Å².